The summed E-state index contributed by atoms with van der Waals surface area (Å²) in [4.78, 5) is 11.5. The number of alkyl halides is 2. The molecule has 1 aromatic heterocycles. The Bertz CT molecular complexity index is 1290. The number of nitrogens with zero attached hydrogens (tertiary/aromatic N) is 3. The number of rotatable bonds is 10. The van der Waals surface area contributed by atoms with Crippen LogP contribution in [0.15, 0.2) is 77.1 Å². The number of aliphatic imine (C=N–C) groups is 1. The van der Waals surface area contributed by atoms with Gasteiger partial charge in [0.25, 0.3) is 0 Å². The van der Waals surface area contributed by atoms with Gasteiger partial charge in [0.2, 0.25) is 0 Å². The molecule has 0 unspecified atom stereocenters. The number of hydrogen-bond acceptors (Lipinski definition) is 5. The van der Waals surface area contributed by atoms with Crippen molar-refractivity contribution in [3.8, 4) is 27.6 Å². The number of thiazole rings is 1. The zero-order valence-corrected chi connectivity index (χ0v) is 22.2. The maximum Gasteiger partial charge on any atom is 0.142 e. The lowest BCUT2D eigenvalue weighted by Gasteiger charge is -2.25. The SMILES string of the molecule is COc1cc(C=Nc2ccc(-c3csc(-c4ccccc4)n3)c(Cl)c2)ccc1N(CCCl)CCCl. The average Bonchev–Trinajstić information content (AvgIpc) is 3.38. The van der Waals surface area contributed by atoms with E-state index in [2.05, 4.69) is 22.0 Å². The summed E-state index contributed by atoms with van der Waals surface area (Å²) in [6, 6.07) is 21.8. The standard InChI is InChI=1S/C27H24Cl3N3OS/c1-34-26-15-19(7-10-25(26)33(13-11-28)14-12-29)17-31-21-8-9-22(23(30)16-21)24-18-35-27(32-24)20-5-3-2-4-6-20/h2-10,15-18H,11-14H2,1H3. The second-order valence-corrected chi connectivity index (χ2v) is 9.64. The summed E-state index contributed by atoms with van der Waals surface area (Å²) in [5.74, 6) is 1.76. The maximum atomic E-state index is 6.61. The van der Waals surface area contributed by atoms with Crippen LogP contribution in [-0.4, -0.2) is 43.2 Å². The van der Waals surface area contributed by atoms with Crippen molar-refractivity contribution < 1.29 is 4.74 Å². The molecule has 0 fully saturated rings. The van der Waals surface area contributed by atoms with Gasteiger partial charge in [-0.05, 0) is 35.9 Å². The normalized spacial score (nSPS) is 11.2. The molecule has 0 N–H and O–H groups in total. The van der Waals surface area contributed by atoms with Gasteiger partial charge in [-0.1, -0.05) is 48.0 Å². The van der Waals surface area contributed by atoms with Gasteiger partial charge in [0, 0.05) is 47.6 Å². The Balaban J connectivity index is 1.52. The third kappa shape index (κ3) is 6.36. The molecule has 0 saturated carbocycles. The first-order chi connectivity index (χ1) is 17.1. The lowest BCUT2D eigenvalue weighted by atomic mass is 10.1. The zero-order valence-electron chi connectivity index (χ0n) is 19.1. The molecule has 0 aliphatic carbocycles. The van der Waals surface area contributed by atoms with Gasteiger partial charge in [-0.15, -0.1) is 34.5 Å². The molecule has 4 rings (SSSR count). The monoisotopic (exact) mass is 543 g/mol. The summed E-state index contributed by atoms with van der Waals surface area (Å²) < 4.78 is 5.61. The fraction of sp³-hybridized carbons (Fsp3) is 0.185. The van der Waals surface area contributed by atoms with Gasteiger partial charge in [-0.2, -0.15) is 0 Å². The van der Waals surface area contributed by atoms with Crippen LogP contribution in [0.4, 0.5) is 11.4 Å². The second kappa shape index (κ2) is 12.4. The molecule has 1 heterocycles. The lowest BCUT2D eigenvalue weighted by Crippen LogP contribution is -2.28. The van der Waals surface area contributed by atoms with E-state index >= 15 is 0 Å². The molecule has 4 aromatic rings. The summed E-state index contributed by atoms with van der Waals surface area (Å²) in [6.07, 6.45) is 1.79. The Hall–Kier alpha value is -2.57. The fourth-order valence-electron chi connectivity index (χ4n) is 3.64. The van der Waals surface area contributed by atoms with Gasteiger partial charge < -0.3 is 9.64 Å². The topological polar surface area (TPSA) is 37.7 Å². The van der Waals surface area contributed by atoms with Crippen molar-refractivity contribution in [2.75, 3.05) is 36.9 Å². The number of aromatic nitrogens is 1. The summed E-state index contributed by atoms with van der Waals surface area (Å²) in [5, 5.41) is 3.60. The molecule has 0 saturated heterocycles. The molecule has 8 heteroatoms. The van der Waals surface area contributed by atoms with Gasteiger partial charge >= 0.3 is 0 Å². The summed E-state index contributed by atoms with van der Waals surface area (Å²) in [6.45, 7) is 1.38. The van der Waals surface area contributed by atoms with Crippen LogP contribution in [0.2, 0.25) is 5.02 Å². The Morgan fingerprint density at radius 3 is 2.46 bits per heavy atom. The highest BCUT2D eigenvalue weighted by Gasteiger charge is 2.13. The van der Waals surface area contributed by atoms with E-state index < -0.39 is 0 Å². The smallest absolute Gasteiger partial charge is 0.142 e. The van der Waals surface area contributed by atoms with Crippen LogP contribution in [0.3, 0.4) is 0 Å². The van der Waals surface area contributed by atoms with Crippen molar-refractivity contribution in [2.24, 2.45) is 4.99 Å². The lowest BCUT2D eigenvalue weighted by molar-refractivity contribution is 0.414. The van der Waals surface area contributed by atoms with E-state index in [-0.39, 0.29) is 0 Å². The number of halogens is 3. The van der Waals surface area contributed by atoms with Crippen LogP contribution in [0.1, 0.15) is 5.56 Å². The Morgan fingerprint density at radius 1 is 1.00 bits per heavy atom. The Morgan fingerprint density at radius 2 is 1.77 bits per heavy atom. The highest BCUT2D eigenvalue weighted by Crippen LogP contribution is 2.35. The third-order valence-electron chi connectivity index (χ3n) is 5.37. The molecule has 0 atom stereocenters. The van der Waals surface area contributed by atoms with E-state index in [1.165, 1.54) is 0 Å². The molecule has 0 amide bonds. The molecular weight excluding hydrogens is 521 g/mol. The number of methoxy groups -OCH3 is 1. The van der Waals surface area contributed by atoms with Crippen LogP contribution in [0, 0.1) is 0 Å². The van der Waals surface area contributed by atoms with Crippen LogP contribution in [0.25, 0.3) is 21.8 Å². The van der Waals surface area contributed by atoms with Crippen LogP contribution < -0.4 is 9.64 Å². The first-order valence-corrected chi connectivity index (χ1v) is 13.4. The van der Waals surface area contributed by atoms with Crippen molar-refractivity contribution >= 4 is 63.7 Å². The van der Waals surface area contributed by atoms with Crippen molar-refractivity contribution in [3.05, 3.63) is 82.7 Å². The average molecular weight is 545 g/mol. The van der Waals surface area contributed by atoms with E-state index in [1.54, 1.807) is 24.7 Å². The van der Waals surface area contributed by atoms with Gasteiger partial charge in [-0.25, -0.2) is 4.98 Å². The molecule has 180 valence electrons. The molecule has 4 nitrogen and oxygen atoms in total. The van der Waals surface area contributed by atoms with Crippen molar-refractivity contribution in [1.29, 1.82) is 0 Å². The predicted molar refractivity (Wildman–Crippen MR) is 152 cm³/mol. The molecule has 3 aromatic carbocycles. The van der Waals surface area contributed by atoms with E-state index in [9.17, 15) is 0 Å². The minimum atomic E-state index is 0.508. The van der Waals surface area contributed by atoms with Crippen molar-refractivity contribution in [2.45, 2.75) is 0 Å². The molecule has 0 radical (unpaired) electrons. The zero-order chi connectivity index (χ0) is 24.6. The number of hydrogen-bond donors (Lipinski definition) is 0. The number of benzene rings is 3. The Labute approximate surface area is 224 Å². The second-order valence-electron chi connectivity index (χ2n) is 7.62. The van der Waals surface area contributed by atoms with Gasteiger partial charge in [-0.3, -0.25) is 4.99 Å². The summed E-state index contributed by atoms with van der Waals surface area (Å²) >= 11 is 20.1. The highest BCUT2D eigenvalue weighted by atomic mass is 35.5. The minimum absolute atomic E-state index is 0.508. The van der Waals surface area contributed by atoms with Crippen LogP contribution >= 0.6 is 46.1 Å². The molecular formula is C27H24Cl3N3OS. The Kier molecular flexibility index (Phi) is 9.05. The highest BCUT2D eigenvalue weighted by molar-refractivity contribution is 7.13. The largest absolute Gasteiger partial charge is 0.495 e. The molecule has 0 spiro atoms. The summed E-state index contributed by atoms with van der Waals surface area (Å²) in [5.41, 5.74) is 5.45. The minimum Gasteiger partial charge on any atom is -0.495 e. The van der Waals surface area contributed by atoms with Crippen molar-refractivity contribution in [1.82, 2.24) is 4.98 Å². The quantitative estimate of drug-likeness (QED) is 0.149. The fourth-order valence-corrected chi connectivity index (χ4v) is 5.15. The molecule has 35 heavy (non-hydrogen) atoms. The first-order valence-electron chi connectivity index (χ1n) is 11.0. The molecule has 0 bridgehead atoms. The van der Waals surface area contributed by atoms with Gasteiger partial charge in [0.15, 0.2) is 0 Å². The van der Waals surface area contributed by atoms with E-state index in [0.717, 1.165) is 44.5 Å². The number of anilines is 1. The maximum absolute atomic E-state index is 6.61. The van der Waals surface area contributed by atoms with Gasteiger partial charge in [0.1, 0.15) is 10.8 Å². The molecule has 0 aliphatic heterocycles. The first kappa shape index (κ1) is 25.5. The summed E-state index contributed by atoms with van der Waals surface area (Å²) in [7, 11) is 1.65. The van der Waals surface area contributed by atoms with E-state index in [0.29, 0.717) is 29.9 Å². The number of ether oxygens (including phenoxy) is 1. The van der Waals surface area contributed by atoms with Gasteiger partial charge in [0.05, 0.1) is 29.2 Å². The van der Waals surface area contributed by atoms with Crippen molar-refractivity contribution in [3.63, 3.8) is 0 Å². The van der Waals surface area contributed by atoms with Crippen LogP contribution in [0.5, 0.6) is 5.75 Å². The van der Waals surface area contributed by atoms with E-state index in [4.69, 9.17) is 44.5 Å². The van der Waals surface area contributed by atoms with E-state index in [1.807, 2.05) is 60.0 Å². The predicted octanol–water partition coefficient (Wildman–Crippen LogP) is 8.17. The third-order valence-corrected chi connectivity index (χ3v) is 6.91. The van der Waals surface area contributed by atoms with Crippen LogP contribution in [-0.2, 0) is 0 Å². The molecule has 0 aliphatic rings.